The lowest BCUT2D eigenvalue weighted by Crippen LogP contribution is -2.52. The second-order valence-corrected chi connectivity index (χ2v) is 4.80. The summed E-state index contributed by atoms with van der Waals surface area (Å²) in [4.78, 5) is 2.24. The van der Waals surface area contributed by atoms with Crippen LogP contribution in [-0.2, 0) is 4.74 Å². The minimum absolute atomic E-state index is 0.451. The number of nitrogens with one attached hydrogen (secondary N) is 1. The van der Waals surface area contributed by atoms with E-state index in [1.165, 1.54) is 0 Å². The van der Waals surface area contributed by atoms with Crippen molar-refractivity contribution in [2.24, 2.45) is 0 Å². The lowest BCUT2D eigenvalue weighted by Gasteiger charge is -2.31. The van der Waals surface area contributed by atoms with Crippen molar-refractivity contribution >= 4 is 0 Å². The van der Waals surface area contributed by atoms with Crippen LogP contribution in [0, 0.1) is 11.3 Å². The average Bonchev–Trinajstić information content (AvgIpc) is 2.80. The second kappa shape index (κ2) is 6.19. The highest BCUT2D eigenvalue weighted by molar-refractivity contribution is 5.06. The molecule has 2 atom stereocenters. The first-order valence-corrected chi connectivity index (χ1v) is 6.05. The third-order valence-corrected chi connectivity index (χ3v) is 3.11. The molecule has 0 aromatic rings. The first kappa shape index (κ1) is 13.4. The molecule has 0 aliphatic carbocycles. The molecule has 1 fully saturated rings. The Balaban J connectivity index is 2.44. The van der Waals surface area contributed by atoms with Gasteiger partial charge in [0, 0.05) is 19.2 Å². The molecule has 92 valence electrons. The van der Waals surface area contributed by atoms with Gasteiger partial charge < -0.3 is 4.74 Å². The number of nitriles is 1. The van der Waals surface area contributed by atoms with Gasteiger partial charge in [-0.2, -0.15) is 5.26 Å². The van der Waals surface area contributed by atoms with Crippen molar-refractivity contribution in [3.05, 3.63) is 0 Å². The first-order chi connectivity index (χ1) is 7.61. The maximum Gasteiger partial charge on any atom is 0.116 e. The van der Waals surface area contributed by atoms with Crippen molar-refractivity contribution in [1.29, 1.82) is 5.26 Å². The van der Waals surface area contributed by atoms with E-state index < -0.39 is 5.54 Å². The largest absolute Gasteiger partial charge is 0.380 e. The van der Waals surface area contributed by atoms with Crippen LogP contribution in [0.2, 0.25) is 0 Å². The van der Waals surface area contributed by atoms with Gasteiger partial charge >= 0.3 is 0 Å². The van der Waals surface area contributed by atoms with Gasteiger partial charge in [0.1, 0.15) is 5.54 Å². The first-order valence-electron chi connectivity index (χ1n) is 6.05. The molecule has 1 aliphatic rings. The van der Waals surface area contributed by atoms with E-state index in [1.54, 1.807) is 0 Å². The van der Waals surface area contributed by atoms with E-state index in [1.807, 2.05) is 6.92 Å². The van der Waals surface area contributed by atoms with Gasteiger partial charge in [-0.25, -0.2) is 0 Å². The Morgan fingerprint density at radius 3 is 2.88 bits per heavy atom. The van der Waals surface area contributed by atoms with Crippen molar-refractivity contribution in [2.45, 2.75) is 38.3 Å². The molecule has 0 amide bonds. The van der Waals surface area contributed by atoms with Gasteiger partial charge in [-0.3, -0.25) is 10.2 Å². The zero-order chi connectivity index (χ0) is 12.0. The molecule has 4 heteroatoms. The van der Waals surface area contributed by atoms with Crippen LogP contribution in [0.15, 0.2) is 0 Å². The van der Waals surface area contributed by atoms with Gasteiger partial charge in [-0.05, 0) is 33.4 Å². The van der Waals surface area contributed by atoms with Crippen LogP contribution < -0.4 is 5.32 Å². The summed E-state index contributed by atoms with van der Waals surface area (Å²) < 4.78 is 5.36. The monoisotopic (exact) mass is 225 g/mol. The Bertz CT molecular complexity index is 245. The zero-order valence-corrected chi connectivity index (χ0v) is 10.6. The van der Waals surface area contributed by atoms with Crippen molar-refractivity contribution < 1.29 is 4.74 Å². The van der Waals surface area contributed by atoms with Crippen LogP contribution in [0.1, 0.15) is 26.7 Å². The number of hydrogen-bond acceptors (Lipinski definition) is 4. The number of likely N-dealkylation sites (N-methyl/N-ethyl adjacent to an activating group) is 1. The molecule has 1 heterocycles. The van der Waals surface area contributed by atoms with E-state index in [9.17, 15) is 5.26 Å². The molecular formula is C12H23N3O. The summed E-state index contributed by atoms with van der Waals surface area (Å²) >= 11 is 0. The SMILES string of the molecule is CCCNC(C)(C#N)CN(C)C1CCOC1. The van der Waals surface area contributed by atoms with Gasteiger partial charge in [0.05, 0.1) is 12.7 Å². The maximum atomic E-state index is 9.23. The molecule has 1 N–H and O–H groups in total. The standard InChI is InChI=1S/C12H23N3O/c1-4-6-14-12(2,9-13)10-15(3)11-5-7-16-8-11/h11,14H,4-8,10H2,1-3H3. The summed E-state index contributed by atoms with van der Waals surface area (Å²) in [5.41, 5.74) is -0.451. The minimum atomic E-state index is -0.451. The molecule has 1 rings (SSSR count). The Morgan fingerprint density at radius 1 is 1.62 bits per heavy atom. The molecule has 4 nitrogen and oxygen atoms in total. The highest BCUT2D eigenvalue weighted by atomic mass is 16.5. The topological polar surface area (TPSA) is 48.3 Å². The van der Waals surface area contributed by atoms with Crippen LogP contribution in [0.5, 0.6) is 0 Å². The lowest BCUT2D eigenvalue weighted by molar-refractivity contribution is 0.147. The Kier molecular flexibility index (Phi) is 5.20. The summed E-state index contributed by atoms with van der Waals surface area (Å²) in [6.45, 7) is 7.36. The molecule has 0 spiro atoms. The zero-order valence-electron chi connectivity index (χ0n) is 10.6. The maximum absolute atomic E-state index is 9.23. The van der Waals surface area contributed by atoms with Gasteiger partial charge in [-0.1, -0.05) is 6.92 Å². The van der Waals surface area contributed by atoms with Crippen LogP contribution in [0.4, 0.5) is 0 Å². The number of ether oxygens (including phenoxy) is 1. The second-order valence-electron chi connectivity index (χ2n) is 4.80. The molecule has 1 aliphatic heterocycles. The molecule has 0 saturated carbocycles. The van der Waals surface area contributed by atoms with Gasteiger partial charge in [0.15, 0.2) is 0 Å². The van der Waals surface area contributed by atoms with Crippen molar-refractivity contribution in [3.8, 4) is 6.07 Å². The molecule has 16 heavy (non-hydrogen) atoms. The number of hydrogen-bond donors (Lipinski definition) is 1. The fraction of sp³-hybridized carbons (Fsp3) is 0.917. The van der Waals surface area contributed by atoms with Crippen LogP contribution >= 0.6 is 0 Å². The fourth-order valence-electron chi connectivity index (χ4n) is 2.03. The van der Waals surface area contributed by atoms with Gasteiger partial charge in [0.2, 0.25) is 0 Å². The third-order valence-electron chi connectivity index (χ3n) is 3.11. The lowest BCUT2D eigenvalue weighted by atomic mass is 10.0. The van der Waals surface area contributed by atoms with Crippen molar-refractivity contribution in [2.75, 3.05) is 33.4 Å². The molecule has 1 saturated heterocycles. The van der Waals surface area contributed by atoms with Crippen LogP contribution in [0.3, 0.4) is 0 Å². The smallest absolute Gasteiger partial charge is 0.116 e. The Hall–Kier alpha value is -0.630. The van der Waals surface area contributed by atoms with E-state index in [0.29, 0.717) is 6.04 Å². The molecule has 0 aromatic carbocycles. The van der Waals surface area contributed by atoms with E-state index >= 15 is 0 Å². The summed E-state index contributed by atoms with van der Waals surface area (Å²) in [7, 11) is 2.07. The minimum Gasteiger partial charge on any atom is -0.380 e. The molecular weight excluding hydrogens is 202 g/mol. The van der Waals surface area contributed by atoms with Gasteiger partial charge in [0.25, 0.3) is 0 Å². The number of nitrogens with zero attached hydrogens (tertiary/aromatic N) is 2. The fourth-order valence-corrected chi connectivity index (χ4v) is 2.03. The predicted octanol–water partition coefficient (Wildman–Crippen LogP) is 0.989. The van der Waals surface area contributed by atoms with E-state index in [0.717, 1.165) is 39.1 Å². The summed E-state index contributed by atoms with van der Waals surface area (Å²) in [5.74, 6) is 0. The molecule has 2 unspecified atom stereocenters. The van der Waals surface area contributed by atoms with Crippen LogP contribution in [-0.4, -0.2) is 49.8 Å². The molecule has 0 bridgehead atoms. The molecule has 0 radical (unpaired) electrons. The predicted molar refractivity (Wildman–Crippen MR) is 64.2 cm³/mol. The quantitative estimate of drug-likeness (QED) is 0.732. The van der Waals surface area contributed by atoms with Crippen molar-refractivity contribution in [3.63, 3.8) is 0 Å². The van der Waals surface area contributed by atoms with Crippen molar-refractivity contribution in [1.82, 2.24) is 10.2 Å². The summed E-state index contributed by atoms with van der Waals surface area (Å²) in [5, 5.41) is 12.5. The average molecular weight is 225 g/mol. The third kappa shape index (κ3) is 3.75. The normalized spacial score (nSPS) is 24.3. The molecule has 0 aromatic heterocycles. The van der Waals surface area contributed by atoms with E-state index in [2.05, 4.69) is 30.3 Å². The number of rotatable bonds is 6. The highest BCUT2D eigenvalue weighted by Gasteiger charge is 2.29. The summed E-state index contributed by atoms with van der Waals surface area (Å²) in [6, 6.07) is 2.84. The van der Waals surface area contributed by atoms with E-state index in [4.69, 9.17) is 4.74 Å². The Labute approximate surface area is 98.6 Å². The highest BCUT2D eigenvalue weighted by Crippen LogP contribution is 2.14. The van der Waals surface area contributed by atoms with E-state index in [-0.39, 0.29) is 0 Å². The van der Waals surface area contributed by atoms with Crippen LogP contribution in [0.25, 0.3) is 0 Å². The summed E-state index contributed by atoms with van der Waals surface area (Å²) in [6.07, 6.45) is 2.12. The van der Waals surface area contributed by atoms with Gasteiger partial charge in [-0.15, -0.1) is 0 Å². The Morgan fingerprint density at radius 2 is 2.38 bits per heavy atom.